The summed E-state index contributed by atoms with van der Waals surface area (Å²) in [6.07, 6.45) is 3.49. The first-order valence-electron chi connectivity index (χ1n) is 6.00. The van der Waals surface area contributed by atoms with Crippen molar-refractivity contribution in [2.75, 3.05) is 0 Å². The molecule has 1 atom stereocenters. The van der Waals surface area contributed by atoms with E-state index in [1.165, 1.54) is 4.80 Å². The SMILES string of the molecule is CCCCC(CC)(Cc1nnn(C)n1)C(=O)O. The van der Waals surface area contributed by atoms with E-state index in [1.54, 1.807) is 7.05 Å². The quantitative estimate of drug-likeness (QED) is 0.779. The predicted octanol–water partition coefficient (Wildman–Crippen LogP) is 1.42. The van der Waals surface area contributed by atoms with Crippen molar-refractivity contribution in [1.82, 2.24) is 20.2 Å². The molecule has 0 bridgehead atoms. The third kappa shape index (κ3) is 3.25. The summed E-state index contributed by atoms with van der Waals surface area (Å²) in [6.45, 7) is 3.96. The van der Waals surface area contributed by atoms with Gasteiger partial charge in [-0.25, -0.2) is 0 Å². The van der Waals surface area contributed by atoms with Crippen LogP contribution in [0.25, 0.3) is 0 Å². The van der Waals surface area contributed by atoms with Crippen LogP contribution in [0, 0.1) is 5.41 Å². The van der Waals surface area contributed by atoms with Gasteiger partial charge in [0.05, 0.1) is 12.5 Å². The Morgan fingerprint density at radius 1 is 1.47 bits per heavy atom. The van der Waals surface area contributed by atoms with Gasteiger partial charge in [0.25, 0.3) is 0 Å². The van der Waals surface area contributed by atoms with Crippen LogP contribution in [0.1, 0.15) is 45.4 Å². The number of aryl methyl sites for hydroxylation is 1. The van der Waals surface area contributed by atoms with Gasteiger partial charge in [-0.05, 0) is 18.1 Å². The Morgan fingerprint density at radius 2 is 2.18 bits per heavy atom. The lowest BCUT2D eigenvalue weighted by molar-refractivity contribution is -0.149. The summed E-state index contributed by atoms with van der Waals surface area (Å²) in [6, 6.07) is 0. The molecule has 1 rings (SSSR count). The standard InChI is InChI=1S/C11H20N4O2/c1-4-6-7-11(5-2,10(16)17)8-9-12-14-15(3)13-9/h4-8H2,1-3H3,(H,16,17). The van der Waals surface area contributed by atoms with Gasteiger partial charge >= 0.3 is 5.97 Å². The molecule has 0 saturated heterocycles. The maximum atomic E-state index is 11.5. The molecule has 1 unspecified atom stereocenters. The van der Waals surface area contributed by atoms with E-state index in [0.29, 0.717) is 25.1 Å². The summed E-state index contributed by atoms with van der Waals surface area (Å²) < 4.78 is 0. The Balaban J connectivity index is 2.85. The Morgan fingerprint density at radius 3 is 2.59 bits per heavy atom. The smallest absolute Gasteiger partial charge is 0.310 e. The minimum absolute atomic E-state index is 0.354. The van der Waals surface area contributed by atoms with Gasteiger partial charge < -0.3 is 5.11 Å². The van der Waals surface area contributed by atoms with E-state index in [4.69, 9.17) is 0 Å². The summed E-state index contributed by atoms with van der Waals surface area (Å²) in [5, 5.41) is 21.1. The molecule has 0 saturated carbocycles. The van der Waals surface area contributed by atoms with E-state index >= 15 is 0 Å². The zero-order valence-electron chi connectivity index (χ0n) is 10.7. The number of hydrogen-bond donors (Lipinski definition) is 1. The lowest BCUT2D eigenvalue weighted by atomic mass is 9.77. The van der Waals surface area contributed by atoms with Crippen molar-refractivity contribution >= 4 is 5.97 Å². The van der Waals surface area contributed by atoms with E-state index in [2.05, 4.69) is 22.3 Å². The number of carboxylic acids is 1. The van der Waals surface area contributed by atoms with Crippen molar-refractivity contribution in [3.63, 3.8) is 0 Å². The van der Waals surface area contributed by atoms with Crippen LogP contribution in [0.2, 0.25) is 0 Å². The topological polar surface area (TPSA) is 80.9 Å². The average molecular weight is 240 g/mol. The van der Waals surface area contributed by atoms with Gasteiger partial charge in [-0.2, -0.15) is 4.80 Å². The first kappa shape index (κ1) is 13.6. The van der Waals surface area contributed by atoms with Crippen molar-refractivity contribution in [3.8, 4) is 0 Å². The van der Waals surface area contributed by atoms with Crippen LogP contribution in [0.3, 0.4) is 0 Å². The first-order valence-corrected chi connectivity index (χ1v) is 6.00. The van der Waals surface area contributed by atoms with Crippen molar-refractivity contribution in [1.29, 1.82) is 0 Å². The summed E-state index contributed by atoms with van der Waals surface area (Å²) in [7, 11) is 1.68. The highest BCUT2D eigenvalue weighted by atomic mass is 16.4. The Labute approximate surface area is 101 Å². The van der Waals surface area contributed by atoms with Crippen LogP contribution >= 0.6 is 0 Å². The molecule has 0 aliphatic carbocycles. The first-order chi connectivity index (χ1) is 8.04. The summed E-state index contributed by atoms with van der Waals surface area (Å²) in [5.74, 6) is -0.256. The van der Waals surface area contributed by atoms with Crippen molar-refractivity contribution in [2.24, 2.45) is 12.5 Å². The molecule has 0 radical (unpaired) electrons. The number of aliphatic carboxylic acids is 1. The molecule has 6 heteroatoms. The monoisotopic (exact) mass is 240 g/mol. The highest BCUT2D eigenvalue weighted by Crippen LogP contribution is 2.32. The molecule has 0 aromatic carbocycles. The second kappa shape index (κ2) is 5.75. The third-order valence-electron chi connectivity index (χ3n) is 3.19. The highest BCUT2D eigenvalue weighted by molar-refractivity contribution is 5.74. The Bertz CT molecular complexity index is 377. The van der Waals surface area contributed by atoms with E-state index < -0.39 is 11.4 Å². The van der Waals surface area contributed by atoms with Crippen molar-refractivity contribution < 1.29 is 9.90 Å². The van der Waals surface area contributed by atoms with Gasteiger partial charge in [0.1, 0.15) is 0 Å². The molecule has 0 aliphatic rings. The molecular weight excluding hydrogens is 220 g/mol. The summed E-state index contributed by atoms with van der Waals surface area (Å²) >= 11 is 0. The van der Waals surface area contributed by atoms with E-state index in [0.717, 1.165) is 12.8 Å². The van der Waals surface area contributed by atoms with Gasteiger partial charge in [0.2, 0.25) is 0 Å². The maximum absolute atomic E-state index is 11.5. The number of carboxylic acid groups (broad SMARTS) is 1. The fourth-order valence-corrected chi connectivity index (χ4v) is 1.94. The minimum atomic E-state index is -0.763. The third-order valence-corrected chi connectivity index (χ3v) is 3.19. The molecule has 1 aromatic rings. The number of hydrogen-bond acceptors (Lipinski definition) is 4. The van der Waals surface area contributed by atoms with Crippen LogP contribution in [0.5, 0.6) is 0 Å². The minimum Gasteiger partial charge on any atom is -0.481 e. The molecule has 0 spiro atoms. The molecule has 0 amide bonds. The Hall–Kier alpha value is -1.46. The van der Waals surface area contributed by atoms with Crippen LogP contribution in [0.4, 0.5) is 0 Å². The van der Waals surface area contributed by atoms with Crippen LogP contribution in [0.15, 0.2) is 0 Å². The lowest BCUT2D eigenvalue weighted by Crippen LogP contribution is -2.33. The van der Waals surface area contributed by atoms with Gasteiger partial charge in [0, 0.05) is 6.42 Å². The maximum Gasteiger partial charge on any atom is 0.310 e. The van der Waals surface area contributed by atoms with Crippen molar-refractivity contribution in [2.45, 2.75) is 46.0 Å². The molecule has 1 aromatic heterocycles. The average Bonchev–Trinajstić information content (AvgIpc) is 2.69. The van der Waals surface area contributed by atoms with Crippen LogP contribution < -0.4 is 0 Å². The van der Waals surface area contributed by atoms with Crippen LogP contribution in [-0.2, 0) is 18.3 Å². The van der Waals surface area contributed by atoms with E-state index in [9.17, 15) is 9.90 Å². The molecule has 96 valence electrons. The number of carbonyl (C=O) groups is 1. The molecule has 0 aliphatic heterocycles. The second-order valence-electron chi connectivity index (χ2n) is 4.41. The van der Waals surface area contributed by atoms with Gasteiger partial charge in [0.15, 0.2) is 5.82 Å². The normalized spacial score (nSPS) is 14.5. The van der Waals surface area contributed by atoms with E-state index in [1.807, 2.05) is 6.92 Å². The summed E-state index contributed by atoms with van der Waals surface area (Å²) in [5.41, 5.74) is -0.751. The molecule has 1 heterocycles. The summed E-state index contributed by atoms with van der Waals surface area (Å²) in [4.78, 5) is 12.8. The Kier molecular flexibility index (Phi) is 4.60. The highest BCUT2D eigenvalue weighted by Gasteiger charge is 2.37. The fourth-order valence-electron chi connectivity index (χ4n) is 1.94. The zero-order valence-corrected chi connectivity index (χ0v) is 10.7. The van der Waals surface area contributed by atoms with Crippen LogP contribution in [-0.4, -0.2) is 31.3 Å². The fraction of sp³-hybridized carbons (Fsp3) is 0.818. The molecular formula is C11H20N4O2. The number of aromatic nitrogens is 4. The van der Waals surface area contributed by atoms with Gasteiger partial charge in [-0.3, -0.25) is 4.79 Å². The molecule has 1 N–H and O–H groups in total. The largest absolute Gasteiger partial charge is 0.481 e. The molecule has 6 nitrogen and oxygen atoms in total. The van der Waals surface area contributed by atoms with Gasteiger partial charge in [-0.1, -0.05) is 26.7 Å². The zero-order chi connectivity index (χ0) is 12.9. The number of unbranched alkanes of at least 4 members (excludes halogenated alkanes) is 1. The second-order valence-corrected chi connectivity index (χ2v) is 4.41. The predicted molar refractivity (Wildman–Crippen MR) is 62.4 cm³/mol. The number of rotatable bonds is 7. The number of tetrazole rings is 1. The van der Waals surface area contributed by atoms with Gasteiger partial charge in [-0.15, -0.1) is 10.2 Å². The number of nitrogens with zero attached hydrogens (tertiary/aromatic N) is 4. The molecule has 0 fully saturated rings. The van der Waals surface area contributed by atoms with Crippen molar-refractivity contribution in [3.05, 3.63) is 5.82 Å². The van der Waals surface area contributed by atoms with E-state index in [-0.39, 0.29) is 0 Å². The molecule has 17 heavy (non-hydrogen) atoms. The lowest BCUT2D eigenvalue weighted by Gasteiger charge is -2.26.